The first-order valence-electron chi connectivity index (χ1n) is 5.88. The zero-order chi connectivity index (χ0) is 14.8. The second-order valence-corrected chi connectivity index (χ2v) is 6.00. The van der Waals surface area contributed by atoms with Gasteiger partial charge < -0.3 is 5.73 Å². The van der Waals surface area contributed by atoms with E-state index in [0.29, 0.717) is 16.9 Å². The molecule has 0 unspecified atom stereocenters. The largest absolute Gasteiger partial charge is 0.399 e. The Morgan fingerprint density at radius 3 is 2.45 bits per heavy atom. The Morgan fingerprint density at radius 1 is 1.10 bits per heavy atom. The molecule has 20 heavy (non-hydrogen) atoms. The van der Waals surface area contributed by atoms with Crippen LogP contribution in [0.5, 0.6) is 0 Å². The number of sulfonamides is 1. The third-order valence-electron chi connectivity index (χ3n) is 2.69. The number of ketones is 1. The van der Waals surface area contributed by atoms with E-state index in [2.05, 4.69) is 4.72 Å². The lowest BCUT2D eigenvalue weighted by atomic mass is 10.1. The molecular formula is C14H14N2O3S. The van der Waals surface area contributed by atoms with Gasteiger partial charge in [0.25, 0.3) is 10.0 Å². The highest BCUT2D eigenvalue weighted by atomic mass is 32.2. The van der Waals surface area contributed by atoms with Gasteiger partial charge in [0.1, 0.15) is 0 Å². The first-order chi connectivity index (χ1) is 9.38. The molecule has 0 spiro atoms. The summed E-state index contributed by atoms with van der Waals surface area (Å²) < 4.78 is 26.8. The summed E-state index contributed by atoms with van der Waals surface area (Å²) in [6.07, 6.45) is 0. The standard InChI is InChI=1S/C14H14N2O3S/c1-10(17)11-4-2-6-13(8-11)16-20(18,19)14-7-3-5-12(15)9-14/h2-9,16H,15H2,1H3. The molecule has 0 aliphatic rings. The summed E-state index contributed by atoms with van der Waals surface area (Å²) in [4.78, 5) is 11.4. The van der Waals surface area contributed by atoms with E-state index in [1.54, 1.807) is 30.3 Å². The van der Waals surface area contributed by atoms with Crippen LogP contribution in [0.4, 0.5) is 11.4 Å². The Hall–Kier alpha value is -2.34. The molecule has 0 bridgehead atoms. The fourth-order valence-electron chi connectivity index (χ4n) is 1.70. The lowest BCUT2D eigenvalue weighted by Crippen LogP contribution is -2.13. The van der Waals surface area contributed by atoms with Gasteiger partial charge in [-0.15, -0.1) is 0 Å². The molecule has 0 fully saturated rings. The summed E-state index contributed by atoms with van der Waals surface area (Å²) in [7, 11) is -3.72. The lowest BCUT2D eigenvalue weighted by molar-refractivity contribution is 0.101. The summed E-state index contributed by atoms with van der Waals surface area (Å²) in [6.45, 7) is 1.42. The highest BCUT2D eigenvalue weighted by molar-refractivity contribution is 7.92. The molecule has 0 saturated heterocycles. The van der Waals surface area contributed by atoms with E-state index in [4.69, 9.17) is 5.73 Å². The number of carbonyl (C=O) groups is 1. The molecule has 0 radical (unpaired) electrons. The van der Waals surface area contributed by atoms with E-state index in [1.807, 2.05) is 0 Å². The van der Waals surface area contributed by atoms with E-state index < -0.39 is 10.0 Å². The zero-order valence-corrected chi connectivity index (χ0v) is 11.6. The van der Waals surface area contributed by atoms with Crippen molar-refractivity contribution in [2.75, 3.05) is 10.5 Å². The SMILES string of the molecule is CC(=O)c1cccc(NS(=O)(=O)c2cccc(N)c2)c1. The number of benzene rings is 2. The molecule has 0 heterocycles. The lowest BCUT2D eigenvalue weighted by Gasteiger charge is -2.09. The maximum atomic E-state index is 12.2. The van der Waals surface area contributed by atoms with E-state index >= 15 is 0 Å². The minimum Gasteiger partial charge on any atom is -0.399 e. The van der Waals surface area contributed by atoms with Crippen molar-refractivity contribution in [3.05, 3.63) is 54.1 Å². The van der Waals surface area contributed by atoms with Crippen molar-refractivity contribution >= 4 is 27.2 Å². The van der Waals surface area contributed by atoms with E-state index in [-0.39, 0.29) is 10.7 Å². The average Bonchev–Trinajstić information content (AvgIpc) is 2.38. The van der Waals surface area contributed by atoms with Crippen molar-refractivity contribution in [1.82, 2.24) is 0 Å². The molecule has 0 atom stereocenters. The van der Waals surface area contributed by atoms with Crippen LogP contribution >= 0.6 is 0 Å². The molecule has 0 aliphatic carbocycles. The number of hydrogen-bond acceptors (Lipinski definition) is 4. The topological polar surface area (TPSA) is 89.3 Å². The molecule has 6 heteroatoms. The predicted molar refractivity (Wildman–Crippen MR) is 78.1 cm³/mol. The third-order valence-corrected chi connectivity index (χ3v) is 4.07. The van der Waals surface area contributed by atoms with Crippen LogP contribution in [0.2, 0.25) is 0 Å². The van der Waals surface area contributed by atoms with Crippen molar-refractivity contribution in [3.8, 4) is 0 Å². The van der Waals surface area contributed by atoms with E-state index in [0.717, 1.165) is 0 Å². The summed E-state index contributed by atoms with van der Waals surface area (Å²) in [6, 6.07) is 12.3. The molecule has 2 aromatic carbocycles. The normalized spacial score (nSPS) is 11.1. The van der Waals surface area contributed by atoms with Crippen LogP contribution in [0.25, 0.3) is 0 Å². The van der Waals surface area contributed by atoms with Crippen LogP contribution in [0.15, 0.2) is 53.4 Å². The average molecular weight is 290 g/mol. The fourth-order valence-corrected chi connectivity index (χ4v) is 2.80. The molecular weight excluding hydrogens is 276 g/mol. The molecule has 2 aromatic rings. The van der Waals surface area contributed by atoms with Crippen LogP contribution < -0.4 is 10.5 Å². The Kier molecular flexibility index (Phi) is 3.76. The number of nitrogen functional groups attached to an aromatic ring is 1. The maximum absolute atomic E-state index is 12.2. The Bertz CT molecular complexity index is 755. The van der Waals surface area contributed by atoms with Gasteiger partial charge in [0.05, 0.1) is 4.90 Å². The number of carbonyl (C=O) groups excluding carboxylic acids is 1. The smallest absolute Gasteiger partial charge is 0.261 e. The predicted octanol–water partition coefficient (Wildman–Crippen LogP) is 2.27. The fraction of sp³-hybridized carbons (Fsp3) is 0.0714. The highest BCUT2D eigenvalue weighted by Crippen LogP contribution is 2.19. The Labute approximate surface area is 117 Å². The first kappa shape index (κ1) is 14.1. The Morgan fingerprint density at radius 2 is 1.80 bits per heavy atom. The van der Waals surface area contributed by atoms with Gasteiger partial charge in [-0.1, -0.05) is 18.2 Å². The Balaban J connectivity index is 2.33. The molecule has 3 N–H and O–H groups in total. The van der Waals surface area contributed by atoms with Gasteiger partial charge in [-0.05, 0) is 37.3 Å². The number of hydrogen-bond donors (Lipinski definition) is 2. The van der Waals surface area contributed by atoms with Crippen LogP contribution in [0, 0.1) is 0 Å². The van der Waals surface area contributed by atoms with E-state index in [9.17, 15) is 13.2 Å². The van der Waals surface area contributed by atoms with Gasteiger partial charge in [0, 0.05) is 16.9 Å². The van der Waals surface area contributed by atoms with Gasteiger partial charge in [0.15, 0.2) is 5.78 Å². The van der Waals surface area contributed by atoms with Crippen molar-refractivity contribution in [2.45, 2.75) is 11.8 Å². The van der Waals surface area contributed by atoms with E-state index in [1.165, 1.54) is 25.1 Å². The summed E-state index contributed by atoms with van der Waals surface area (Å²) in [5.41, 5.74) is 6.72. The van der Waals surface area contributed by atoms with Crippen LogP contribution in [0.3, 0.4) is 0 Å². The number of Topliss-reactive ketones (excluding diaryl/α,β-unsaturated/α-hetero) is 1. The highest BCUT2D eigenvalue weighted by Gasteiger charge is 2.14. The molecule has 0 aromatic heterocycles. The van der Waals surface area contributed by atoms with Crippen LogP contribution in [0.1, 0.15) is 17.3 Å². The zero-order valence-electron chi connectivity index (χ0n) is 10.8. The second-order valence-electron chi connectivity index (χ2n) is 4.31. The number of nitrogens with two attached hydrogens (primary N) is 1. The number of nitrogens with one attached hydrogen (secondary N) is 1. The minimum absolute atomic E-state index is 0.0747. The molecule has 0 aliphatic heterocycles. The number of anilines is 2. The molecule has 0 amide bonds. The number of rotatable bonds is 4. The first-order valence-corrected chi connectivity index (χ1v) is 7.36. The monoisotopic (exact) mass is 290 g/mol. The summed E-state index contributed by atoms with van der Waals surface area (Å²) in [5, 5.41) is 0. The summed E-state index contributed by atoms with van der Waals surface area (Å²) >= 11 is 0. The molecule has 2 rings (SSSR count). The second kappa shape index (κ2) is 5.34. The van der Waals surface area contributed by atoms with Gasteiger partial charge in [0.2, 0.25) is 0 Å². The maximum Gasteiger partial charge on any atom is 0.261 e. The van der Waals surface area contributed by atoms with Gasteiger partial charge in [-0.3, -0.25) is 9.52 Å². The molecule has 104 valence electrons. The van der Waals surface area contributed by atoms with Crippen LogP contribution in [-0.4, -0.2) is 14.2 Å². The summed E-state index contributed by atoms with van der Waals surface area (Å²) in [5.74, 6) is -0.130. The van der Waals surface area contributed by atoms with Crippen molar-refractivity contribution in [3.63, 3.8) is 0 Å². The van der Waals surface area contributed by atoms with Gasteiger partial charge in [-0.2, -0.15) is 0 Å². The van der Waals surface area contributed by atoms with Gasteiger partial charge >= 0.3 is 0 Å². The van der Waals surface area contributed by atoms with Crippen molar-refractivity contribution < 1.29 is 13.2 Å². The van der Waals surface area contributed by atoms with Crippen molar-refractivity contribution in [2.24, 2.45) is 0 Å². The quantitative estimate of drug-likeness (QED) is 0.667. The molecule has 5 nitrogen and oxygen atoms in total. The van der Waals surface area contributed by atoms with Crippen molar-refractivity contribution in [1.29, 1.82) is 0 Å². The third kappa shape index (κ3) is 3.16. The molecule has 0 saturated carbocycles. The minimum atomic E-state index is -3.72. The van der Waals surface area contributed by atoms with Gasteiger partial charge in [-0.25, -0.2) is 8.42 Å². The van der Waals surface area contributed by atoms with Crippen LogP contribution in [-0.2, 0) is 10.0 Å².